The Morgan fingerprint density at radius 3 is 2.87 bits per heavy atom. The van der Waals surface area contributed by atoms with Gasteiger partial charge in [0, 0.05) is 76.7 Å². The summed E-state index contributed by atoms with van der Waals surface area (Å²) < 4.78 is 55.9. The van der Waals surface area contributed by atoms with Crippen molar-refractivity contribution in [2.24, 2.45) is 11.8 Å². The highest BCUT2D eigenvalue weighted by Crippen LogP contribution is 2.37. The number of ether oxygens (including phenoxy) is 3. The first-order chi connectivity index (χ1) is 18.6. The molecule has 1 saturated carbocycles. The molecular formula is C27H35F3N4O5. The molecule has 0 bridgehead atoms. The average Bonchev–Trinajstić information content (AvgIpc) is 3.32. The minimum Gasteiger partial charge on any atom is -0.436 e. The highest BCUT2D eigenvalue weighted by molar-refractivity contribution is 5.80. The van der Waals surface area contributed by atoms with Crippen molar-refractivity contribution >= 4 is 12.0 Å². The summed E-state index contributed by atoms with van der Waals surface area (Å²) in [5.74, 6) is 1.53. The summed E-state index contributed by atoms with van der Waals surface area (Å²) in [6, 6.07) is 1.15. The van der Waals surface area contributed by atoms with Gasteiger partial charge in [-0.2, -0.15) is 13.2 Å². The van der Waals surface area contributed by atoms with Gasteiger partial charge in [-0.05, 0) is 36.8 Å². The number of terminal acetylenes is 1. The number of fused-ring (bicyclic) bond motifs is 1. The number of hydrogen-bond acceptors (Lipinski definition) is 7. The van der Waals surface area contributed by atoms with E-state index in [0.29, 0.717) is 50.3 Å². The number of hydrogen-bond donors (Lipinski definition) is 1. The Morgan fingerprint density at radius 1 is 1.36 bits per heavy atom. The second-order valence-electron chi connectivity index (χ2n) is 10.4. The molecule has 3 aliphatic rings. The van der Waals surface area contributed by atoms with Gasteiger partial charge in [0.15, 0.2) is 6.61 Å². The number of amides is 2. The summed E-state index contributed by atoms with van der Waals surface area (Å²) in [6.07, 6.45) is 3.18. The lowest BCUT2D eigenvalue weighted by Gasteiger charge is -2.33. The molecule has 1 N–H and O–H groups in total. The fourth-order valence-electron chi connectivity index (χ4n) is 5.85. The normalized spacial score (nSPS) is 27.0. The molecule has 0 spiro atoms. The number of carbonyl (C=O) groups is 2. The maximum atomic E-state index is 13.8. The van der Waals surface area contributed by atoms with Crippen LogP contribution in [0.2, 0.25) is 0 Å². The number of halogens is 3. The van der Waals surface area contributed by atoms with Gasteiger partial charge in [0.25, 0.3) is 0 Å². The van der Waals surface area contributed by atoms with E-state index in [9.17, 15) is 22.8 Å². The Morgan fingerprint density at radius 2 is 2.15 bits per heavy atom. The van der Waals surface area contributed by atoms with Crippen molar-refractivity contribution in [3.05, 3.63) is 29.1 Å². The molecule has 2 fully saturated rings. The standard InChI is InChI=1S/C27H35F3N4O5/c1-4-8-39-26(36)33(2)14-17-11-20(32-23-6-9-38-16-24(23)37-3)12-21(17)25(35)34-7-5-22-18(15-34)10-19(13-31-22)27(28,29)30/h1,10,13,17,20-21,23-24,32H,5-9,11-12,14-16H2,2-3H3/t17-,20+,21+,23?,24?/m0/s1. The van der Waals surface area contributed by atoms with Crippen LogP contribution in [0.1, 0.15) is 36.1 Å². The van der Waals surface area contributed by atoms with E-state index in [4.69, 9.17) is 20.6 Å². The Labute approximate surface area is 226 Å². The van der Waals surface area contributed by atoms with E-state index in [-0.39, 0.29) is 49.7 Å². The molecule has 39 heavy (non-hydrogen) atoms. The van der Waals surface area contributed by atoms with Crippen LogP contribution in [-0.2, 0) is 38.1 Å². The monoisotopic (exact) mass is 552 g/mol. The van der Waals surface area contributed by atoms with E-state index in [1.165, 1.54) is 4.90 Å². The zero-order valence-corrected chi connectivity index (χ0v) is 22.2. The predicted octanol–water partition coefficient (Wildman–Crippen LogP) is 2.48. The van der Waals surface area contributed by atoms with Crippen LogP contribution >= 0.6 is 0 Å². The summed E-state index contributed by atoms with van der Waals surface area (Å²) in [6.45, 7) is 1.67. The van der Waals surface area contributed by atoms with Gasteiger partial charge in [0.05, 0.1) is 18.3 Å². The van der Waals surface area contributed by atoms with Gasteiger partial charge in [0.2, 0.25) is 5.91 Å². The van der Waals surface area contributed by atoms with E-state index in [1.54, 1.807) is 19.1 Å². The number of alkyl halides is 3. The molecule has 2 amide bonds. The van der Waals surface area contributed by atoms with E-state index in [1.807, 2.05) is 0 Å². The van der Waals surface area contributed by atoms with Gasteiger partial charge in [-0.1, -0.05) is 5.92 Å². The van der Waals surface area contributed by atoms with Crippen molar-refractivity contribution in [1.29, 1.82) is 0 Å². The van der Waals surface area contributed by atoms with Gasteiger partial charge in [-0.3, -0.25) is 9.78 Å². The van der Waals surface area contributed by atoms with E-state index in [2.05, 4.69) is 16.2 Å². The lowest BCUT2D eigenvalue weighted by Crippen LogP contribution is -2.50. The van der Waals surface area contributed by atoms with Gasteiger partial charge in [0.1, 0.15) is 0 Å². The number of methoxy groups -OCH3 is 1. The Balaban J connectivity index is 1.49. The fraction of sp³-hybridized carbons (Fsp3) is 0.667. The highest BCUT2D eigenvalue weighted by atomic mass is 19.4. The molecule has 4 rings (SSSR count). The molecule has 1 aromatic heterocycles. The van der Waals surface area contributed by atoms with Crippen molar-refractivity contribution in [3.63, 3.8) is 0 Å². The summed E-state index contributed by atoms with van der Waals surface area (Å²) in [7, 11) is 3.24. The quantitative estimate of drug-likeness (QED) is 0.520. The third kappa shape index (κ3) is 7.01. The second kappa shape index (κ2) is 12.5. The molecular weight excluding hydrogens is 517 g/mol. The number of nitrogens with one attached hydrogen (secondary N) is 1. The third-order valence-corrected chi connectivity index (χ3v) is 7.85. The van der Waals surface area contributed by atoms with Gasteiger partial charge >= 0.3 is 12.3 Å². The van der Waals surface area contributed by atoms with Crippen LogP contribution in [0.3, 0.4) is 0 Å². The van der Waals surface area contributed by atoms with Crippen molar-refractivity contribution in [2.75, 3.05) is 47.1 Å². The summed E-state index contributed by atoms with van der Waals surface area (Å²) in [4.78, 5) is 33.2. The molecule has 12 heteroatoms. The number of pyridine rings is 1. The first-order valence-electron chi connectivity index (χ1n) is 13.1. The van der Waals surface area contributed by atoms with Crippen molar-refractivity contribution in [3.8, 4) is 12.3 Å². The lowest BCUT2D eigenvalue weighted by atomic mass is 9.92. The predicted molar refractivity (Wildman–Crippen MR) is 134 cm³/mol. The number of rotatable bonds is 7. The second-order valence-corrected chi connectivity index (χ2v) is 10.4. The molecule has 1 aliphatic carbocycles. The minimum atomic E-state index is -4.51. The lowest BCUT2D eigenvalue weighted by molar-refractivity contribution is -0.138. The molecule has 2 unspecified atom stereocenters. The van der Waals surface area contributed by atoms with Crippen LogP contribution in [0, 0.1) is 24.2 Å². The van der Waals surface area contributed by atoms with Crippen LogP contribution in [0.4, 0.5) is 18.0 Å². The van der Waals surface area contributed by atoms with Crippen LogP contribution in [0.25, 0.3) is 0 Å². The van der Waals surface area contributed by atoms with E-state index in [0.717, 1.165) is 18.7 Å². The molecule has 2 aliphatic heterocycles. The topological polar surface area (TPSA) is 93.2 Å². The van der Waals surface area contributed by atoms with Gasteiger partial charge < -0.3 is 29.3 Å². The molecule has 3 heterocycles. The molecule has 0 radical (unpaired) electrons. The van der Waals surface area contributed by atoms with Crippen molar-refractivity contribution < 1.29 is 37.0 Å². The maximum absolute atomic E-state index is 13.8. The zero-order chi connectivity index (χ0) is 28.2. The van der Waals surface area contributed by atoms with Crippen LogP contribution < -0.4 is 5.32 Å². The van der Waals surface area contributed by atoms with E-state index >= 15 is 0 Å². The molecule has 1 saturated heterocycles. The fourth-order valence-corrected chi connectivity index (χ4v) is 5.85. The number of nitrogens with zero attached hydrogens (tertiary/aromatic N) is 3. The zero-order valence-electron chi connectivity index (χ0n) is 22.2. The van der Waals surface area contributed by atoms with Crippen LogP contribution in [-0.4, -0.2) is 92.0 Å². The van der Waals surface area contributed by atoms with Crippen LogP contribution in [0.5, 0.6) is 0 Å². The molecule has 1 aromatic rings. The largest absolute Gasteiger partial charge is 0.436 e. The SMILES string of the molecule is C#CCOC(=O)N(C)C[C@@H]1C[C@@H](NC2CCOCC2OC)C[C@H]1C(=O)N1CCc2ncc(C(F)(F)F)cc2C1. The molecule has 214 valence electrons. The average molecular weight is 553 g/mol. The van der Waals surface area contributed by atoms with E-state index < -0.39 is 23.8 Å². The number of aromatic nitrogens is 1. The smallest absolute Gasteiger partial charge is 0.417 e. The number of carbonyl (C=O) groups excluding carboxylic acids is 2. The maximum Gasteiger partial charge on any atom is 0.417 e. The Kier molecular flexibility index (Phi) is 9.35. The third-order valence-electron chi connectivity index (χ3n) is 7.85. The molecule has 5 atom stereocenters. The first-order valence-corrected chi connectivity index (χ1v) is 13.1. The van der Waals surface area contributed by atoms with Crippen molar-refractivity contribution in [2.45, 2.75) is 56.6 Å². The van der Waals surface area contributed by atoms with Crippen LogP contribution in [0.15, 0.2) is 12.3 Å². The van der Waals surface area contributed by atoms with Crippen molar-refractivity contribution in [1.82, 2.24) is 20.1 Å². The van der Waals surface area contributed by atoms with Gasteiger partial charge in [-0.25, -0.2) is 4.79 Å². The Hall–Kier alpha value is -2.88. The summed E-state index contributed by atoms with van der Waals surface area (Å²) >= 11 is 0. The Bertz CT molecular complexity index is 1080. The van der Waals surface area contributed by atoms with Gasteiger partial charge in [-0.15, -0.1) is 6.42 Å². The summed E-state index contributed by atoms with van der Waals surface area (Å²) in [5.41, 5.74) is 0.166. The first kappa shape index (κ1) is 29.1. The minimum absolute atomic E-state index is 0.00426. The summed E-state index contributed by atoms with van der Waals surface area (Å²) in [5, 5.41) is 3.64. The highest BCUT2D eigenvalue weighted by Gasteiger charge is 2.43. The molecule has 0 aromatic carbocycles. The molecule has 9 nitrogen and oxygen atoms in total.